The monoisotopic (exact) mass is 193 g/mol. The minimum Gasteiger partial charge on any atom is -0.398 e. The Kier molecular flexibility index (Phi) is 3.92. The lowest BCUT2D eigenvalue weighted by Gasteiger charge is -2.19. The first-order valence-electron chi connectivity index (χ1n) is 4.95. The van der Waals surface area contributed by atoms with Crippen LogP contribution in [0.25, 0.3) is 0 Å². The van der Waals surface area contributed by atoms with E-state index in [-0.39, 0.29) is 6.04 Å². The van der Waals surface area contributed by atoms with Crippen molar-refractivity contribution in [3.63, 3.8) is 0 Å². The minimum absolute atomic E-state index is 0.149. The maximum Gasteiger partial charge on any atom is 0.0482 e. The number of benzene rings is 1. The summed E-state index contributed by atoms with van der Waals surface area (Å²) in [5.41, 5.74) is 10.6. The van der Waals surface area contributed by atoms with Crippen LogP contribution in [0.4, 0.5) is 5.69 Å². The van der Waals surface area contributed by atoms with Crippen LogP contribution in [0, 0.1) is 5.92 Å². The molecule has 0 aromatic heterocycles. The van der Waals surface area contributed by atoms with Crippen molar-refractivity contribution in [1.29, 1.82) is 0 Å². The van der Waals surface area contributed by atoms with Crippen molar-refractivity contribution in [2.24, 2.45) is 11.8 Å². The van der Waals surface area contributed by atoms with E-state index in [2.05, 4.69) is 19.3 Å². The summed E-state index contributed by atoms with van der Waals surface area (Å²) in [7, 11) is 0. The van der Waals surface area contributed by atoms with Gasteiger partial charge in [-0.05, 0) is 24.0 Å². The maximum absolute atomic E-state index is 5.88. The van der Waals surface area contributed by atoms with Crippen molar-refractivity contribution in [3.8, 4) is 0 Å². The lowest BCUT2D eigenvalue weighted by molar-refractivity contribution is 0.439. The fourth-order valence-corrected chi connectivity index (χ4v) is 1.58. The van der Waals surface area contributed by atoms with Crippen LogP contribution in [0.2, 0.25) is 0 Å². The number of para-hydroxylation sites is 1. The summed E-state index contributed by atoms with van der Waals surface area (Å²) in [6.45, 7) is 4.34. The minimum atomic E-state index is 0.149. The molecule has 0 saturated heterocycles. The molecular formula is C11H19N3. The fraction of sp³-hybridized carbons (Fsp3) is 0.455. The molecule has 1 atom stereocenters. The number of hydrogen-bond acceptors (Lipinski definition) is 3. The Morgan fingerprint density at radius 2 is 1.93 bits per heavy atom. The normalized spacial score (nSPS) is 13.1. The molecule has 0 saturated carbocycles. The van der Waals surface area contributed by atoms with Crippen LogP contribution in [-0.4, -0.2) is 0 Å². The lowest BCUT2D eigenvalue weighted by Crippen LogP contribution is -2.29. The van der Waals surface area contributed by atoms with Crippen molar-refractivity contribution in [2.45, 2.75) is 26.3 Å². The molecule has 1 aromatic carbocycles. The van der Waals surface area contributed by atoms with Gasteiger partial charge in [0.2, 0.25) is 0 Å². The highest BCUT2D eigenvalue weighted by molar-refractivity contribution is 5.48. The second-order valence-corrected chi connectivity index (χ2v) is 3.98. The molecule has 0 aliphatic rings. The van der Waals surface area contributed by atoms with E-state index in [9.17, 15) is 0 Å². The van der Waals surface area contributed by atoms with Gasteiger partial charge in [-0.2, -0.15) is 0 Å². The molecule has 0 fully saturated rings. The first-order valence-corrected chi connectivity index (χ1v) is 4.95. The van der Waals surface area contributed by atoms with Crippen LogP contribution in [-0.2, 0) is 0 Å². The third-order valence-electron chi connectivity index (χ3n) is 2.28. The van der Waals surface area contributed by atoms with E-state index in [0.29, 0.717) is 5.92 Å². The van der Waals surface area contributed by atoms with Crippen LogP contribution >= 0.6 is 0 Å². The van der Waals surface area contributed by atoms with Crippen molar-refractivity contribution < 1.29 is 0 Å². The zero-order valence-electron chi connectivity index (χ0n) is 8.83. The number of hydrogen-bond donors (Lipinski definition) is 3. The molecule has 0 bridgehead atoms. The summed E-state index contributed by atoms with van der Waals surface area (Å²) in [6, 6.07) is 7.98. The maximum atomic E-state index is 5.88. The molecule has 0 aliphatic carbocycles. The first-order chi connectivity index (χ1) is 6.65. The highest BCUT2D eigenvalue weighted by atomic mass is 15.2. The third kappa shape index (κ3) is 2.72. The predicted molar refractivity (Wildman–Crippen MR) is 60.4 cm³/mol. The molecule has 1 aromatic rings. The second kappa shape index (κ2) is 4.98. The molecule has 0 aliphatic heterocycles. The SMILES string of the molecule is CC(C)CC(NN)c1ccccc1N. The fourth-order valence-electron chi connectivity index (χ4n) is 1.58. The Hall–Kier alpha value is -1.06. The number of hydrazine groups is 1. The number of nitrogen functional groups attached to an aromatic ring is 1. The van der Waals surface area contributed by atoms with Crippen molar-refractivity contribution >= 4 is 5.69 Å². The van der Waals surface area contributed by atoms with Gasteiger partial charge < -0.3 is 5.73 Å². The average Bonchev–Trinajstić information content (AvgIpc) is 2.15. The molecule has 1 unspecified atom stereocenters. The third-order valence-corrected chi connectivity index (χ3v) is 2.28. The topological polar surface area (TPSA) is 64.1 Å². The molecule has 0 heterocycles. The number of nitrogens with one attached hydrogen (secondary N) is 1. The van der Waals surface area contributed by atoms with E-state index in [1.807, 2.05) is 24.3 Å². The van der Waals surface area contributed by atoms with E-state index < -0.39 is 0 Å². The van der Waals surface area contributed by atoms with Gasteiger partial charge in [-0.1, -0.05) is 32.0 Å². The van der Waals surface area contributed by atoms with Crippen LogP contribution in [0.1, 0.15) is 31.9 Å². The van der Waals surface area contributed by atoms with E-state index >= 15 is 0 Å². The summed E-state index contributed by atoms with van der Waals surface area (Å²) in [6.07, 6.45) is 0.991. The Bertz CT molecular complexity index is 284. The van der Waals surface area contributed by atoms with Gasteiger partial charge in [0, 0.05) is 11.7 Å². The highest BCUT2D eigenvalue weighted by Crippen LogP contribution is 2.24. The van der Waals surface area contributed by atoms with E-state index in [1.165, 1.54) is 0 Å². The molecule has 0 radical (unpaired) electrons. The number of rotatable bonds is 4. The van der Waals surface area contributed by atoms with Gasteiger partial charge in [0.25, 0.3) is 0 Å². The molecule has 1 rings (SSSR count). The Morgan fingerprint density at radius 1 is 1.29 bits per heavy atom. The molecule has 3 heteroatoms. The van der Waals surface area contributed by atoms with E-state index in [1.54, 1.807) is 0 Å². The van der Waals surface area contributed by atoms with Gasteiger partial charge in [-0.25, -0.2) is 0 Å². The lowest BCUT2D eigenvalue weighted by atomic mass is 9.96. The summed E-state index contributed by atoms with van der Waals surface area (Å²) < 4.78 is 0. The van der Waals surface area contributed by atoms with Crippen LogP contribution in [0.5, 0.6) is 0 Å². The average molecular weight is 193 g/mol. The quantitative estimate of drug-likeness (QED) is 0.388. The van der Waals surface area contributed by atoms with Gasteiger partial charge in [-0.15, -0.1) is 0 Å². The van der Waals surface area contributed by atoms with Gasteiger partial charge >= 0.3 is 0 Å². The standard InChI is InChI=1S/C11H19N3/c1-8(2)7-11(14-13)9-5-3-4-6-10(9)12/h3-6,8,11,14H,7,12-13H2,1-2H3. The number of anilines is 1. The number of nitrogens with two attached hydrogens (primary N) is 2. The molecule has 0 amide bonds. The van der Waals surface area contributed by atoms with Crippen LogP contribution < -0.4 is 17.0 Å². The smallest absolute Gasteiger partial charge is 0.0482 e. The van der Waals surface area contributed by atoms with Crippen LogP contribution in [0.15, 0.2) is 24.3 Å². The Balaban J connectivity index is 2.83. The molecule has 3 nitrogen and oxygen atoms in total. The first kappa shape index (κ1) is 11.0. The van der Waals surface area contributed by atoms with Crippen molar-refractivity contribution in [2.75, 3.05) is 5.73 Å². The van der Waals surface area contributed by atoms with Crippen molar-refractivity contribution in [1.82, 2.24) is 5.43 Å². The van der Waals surface area contributed by atoms with E-state index in [4.69, 9.17) is 11.6 Å². The van der Waals surface area contributed by atoms with Gasteiger partial charge in [0.1, 0.15) is 0 Å². The summed E-state index contributed by atoms with van der Waals surface area (Å²) in [5, 5.41) is 0. The van der Waals surface area contributed by atoms with Crippen LogP contribution in [0.3, 0.4) is 0 Å². The highest BCUT2D eigenvalue weighted by Gasteiger charge is 2.13. The second-order valence-electron chi connectivity index (χ2n) is 3.98. The zero-order valence-corrected chi connectivity index (χ0v) is 8.83. The van der Waals surface area contributed by atoms with Gasteiger partial charge in [0.05, 0.1) is 0 Å². The molecule has 14 heavy (non-hydrogen) atoms. The van der Waals surface area contributed by atoms with Gasteiger partial charge in [0.15, 0.2) is 0 Å². The largest absolute Gasteiger partial charge is 0.398 e. The van der Waals surface area contributed by atoms with E-state index in [0.717, 1.165) is 17.7 Å². The Labute approximate surface area is 85.5 Å². The summed E-state index contributed by atoms with van der Waals surface area (Å²) in [4.78, 5) is 0. The van der Waals surface area contributed by atoms with Gasteiger partial charge in [-0.3, -0.25) is 11.3 Å². The van der Waals surface area contributed by atoms with Crippen molar-refractivity contribution in [3.05, 3.63) is 29.8 Å². The molecule has 78 valence electrons. The molecule has 5 N–H and O–H groups in total. The summed E-state index contributed by atoms with van der Waals surface area (Å²) in [5.74, 6) is 6.11. The predicted octanol–water partition coefficient (Wildman–Crippen LogP) is 1.82. The molecule has 0 spiro atoms. The summed E-state index contributed by atoms with van der Waals surface area (Å²) >= 11 is 0. The Morgan fingerprint density at radius 3 is 2.43 bits per heavy atom. The molecular weight excluding hydrogens is 174 g/mol. The zero-order chi connectivity index (χ0) is 10.6.